The molecule has 0 fully saturated rings. The molecule has 0 aliphatic rings. The molecule has 0 atom stereocenters. The van der Waals surface area contributed by atoms with Crippen molar-refractivity contribution < 1.29 is 9.59 Å². The number of hydrogen-bond acceptors (Lipinski definition) is 3. The van der Waals surface area contributed by atoms with Crippen LogP contribution in [0.2, 0.25) is 0 Å². The van der Waals surface area contributed by atoms with Crippen LogP contribution in [0.15, 0.2) is 54.6 Å². The highest BCUT2D eigenvalue weighted by Crippen LogP contribution is 2.13. The Balaban J connectivity index is 1.94. The number of nitrogens with one attached hydrogen (secondary N) is 1. The van der Waals surface area contributed by atoms with Gasteiger partial charge in [-0.3, -0.25) is 9.59 Å². The number of amides is 2. The van der Waals surface area contributed by atoms with Crippen LogP contribution in [0.1, 0.15) is 10.4 Å². The molecule has 0 aromatic heterocycles. The first-order valence-electron chi connectivity index (χ1n) is 7.35. The van der Waals surface area contributed by atoms with Crippen molar-refractivity contribution in [2.45, 2.75) is 0 Å². The van der Waals surface area contributed by atoms with E-state index in [1.165, 1.54) is 4.90 Å². The SMILES string of the molecule is CN(C)C(=O)c1ccc(NC(=O)CN(C)c2ccccc2)cc1. The third kappa shape index (κ3) is 4.57. The molecule has 120 valence electrons. The average molecular weight is 311 g/mol. The largest absolute Gasteiger partial charge is 0.365 e. The van der Waals surface area contributed by atoms with Crippen molar-refractivity contribution in [2.75, 3.05) is 37.9 Å². The van der Waals surface area contributed by atoms with E-state index in [9.17, 15) is 9.59 Å². The summed E-state index contributed by atoms with van der Waals surface area (Å²) in [6, 6.07) is 16.6. The van der Waals surface area contributed by atoms with Crippen molar-refractivity contribution >= 4 is 23.2 Å². The van der Waals surface area contributed by atoms with Crippen LogP contribution in [0.4, 0.5) is 11.4 Å². The average Bonchev–Trinajstić information content (AvgIpc) is 2.55. The number of anilines is 2. The van der Waals surface area contributed by atoms with Crippen molar-refractivity contribution in [3.05, 3.63) is 60.2 Å². The maximum atomic E-state index is 12.1. The predicted molar refractivity (Wildman–Crippen MR) is 92.8 cm³/mol. The van der Waals surface area contributed by atoms with Gasteiger partial charge < -0.3 is 15.1 Å². The smallest absolute Gasteiger partial charge is 0.253 e. The summed E-state index contributed by atoms with van der Waals surface area (Å²) in [6.07, 6.45) is 0. The Morgan fingerprint density at radius 2 is 1.52 bits per heavy atom. The molecule has 0 bridgehead atoms. The summed E-state index contributed by atoms with van der Waals surface area (Å²) < 4.78 is 0. The van der Waals surface area contributed by atoms with Gasteiger partial charge in [-0.2, -0.15) is 0 Å². The van der Waals surface area contributed by atoms with Crippen LogP contribution in [0.5, 0.6) is 0 Å². The molecular formula is C18H21N3O2. The Kier molecular flexibility index (Phi) is 5.36. The highest BCUT2D eigenvalue weighted by Gasteiger charge is 2.10. The molecule has 2 amide bonds. The first-order chi connectivity index (χ1) is 11.0. The molecule has 2 aromatic rings. The third-order valence-corrected chi connectivity index (χ3v) is 3.40. The molecule has 1 N–H and O–H groups in total. The minimum atomic E-state index is -0.108. The Labute approximate surface area is 136 Å². The standard InChI is InChI=1S/C18H21N3O2/c1-20(2)18(23)14-9-11-15(12-10-14)19-17(22)13-21(3)16-7-5-4-6-8-16/h4-12H,13H2,1-3H3,(H,19,22). The molecule has 5 heteroatoms. The molecule has 0 saturated carbocycles. The zero-order valence-corrected chi connectivity index (χ0v) is 13.6. The number of nitrogens with zero attached hydrogens (tertiary/aromatic N) is 2. The molecule has 0 heterocycles. The molecule has 0 radical (unpaired) electrons. The van der Waals surface area contributed by atoms with Crippen LogP contribution in [0.25, 0.3) is 0 Å². The Bertz CT molecular complexity index is 666. The van der Waals surface area contributed by atoms with Crippen molar-refractivity contribution in [1.82, 2.24) is 4.90 Å². The number of benzene rings is 2. The first-order valence-corrected chi connectivity index (χ1v) is 7.35. The van der Waals surface area contributed by atoms with Gasteiger partial charge in [-0.25, -0.2) is 0 Å². The maximum absolute atomic E-state index is 12.1. The van der Waals surface area contributed by atoms with Crippen LogP contribution in [-0.2, 0) is 4.79 Å². The molecule has 2 rings (SSSR count). The third-order valence-electron chi connectivity index (χ3n) is 3.40. The second-order valence-corrected chi connectivity index (χ2v) is 5.52. The number of likely N-dealkylation sites (N-methyl/N-ethyl adjacent to an activating group) is 1. The summed E-state index contributed by atoms with van der Waals surface area (Å²) >= 11 is 0. The van der Waals surface area contributed by atoms with Gasteiger partial charge in [0, 0.05) is 38.1 Å². The quantitative estimate of drug-likeness (QED) is 0.923. The van der Waals surface area contributed by atoms with Crippen LogP contribution < -0.4 is 10.2 Å². The first kappa shape index (κ1) is 16.5. The summed E-state index contributed by atoms with van der Waals surface area (Å²) in [7, 11) is 5.28. The molecule has 5 nitrogen and oxygen atoms in total. The van der Waals surface area contributed by atoms with Crippen molar-refractivity contribution in [3.8, 4) is 0 Å². The van der Waals surface area contributed by atoms with E-state index in [1.54, 1.807) is 38.4 Å². The monoisotopic (exact) mass is 311 g/mol. The Morgan fingerprint density at radius 1 is 0.913 bits per heavy atom. The number of carbonyl (C=O) groups is 2. The lowest BCUT2D eigenvalue weighted by molar-refractivity contribution is -0.114. The van der Waals surface area contributed by atoms with Gasteiger partial charge in [-0.1, -0.05) is 18.2 Å². The van der Waals surface area contributed by atoms with E-state index < -0.39 is 0 Å². The number of carbonyl (C=O) groups excluding carboxylic acids is 2. The van der Waals surface area contributed by atoms with E-state index in [0.717, 1.165) is 5.69 Å². The van der Waals surface area contributed by atoms with E-state index >= 15 is 0 Å². The lowest BCUT2D eigenvalue weighted by atomic mass is 10.2. The van der Waals surface area contributed by atoms with Crippen LogP contribution >= 0.6 is 0 Å². The fourth-order valence-corrected chi connectivity index (χ4v) is 2.14. The minimum absolute atomic E-state index is 0.0633. The lowest BCUT2D eigenvalue weighted by Crippen LogP contribution is -2.30. The number of para-hydroxylation sites is 1. The van der Waals surface area contributed by atoms with Crippen molar-refractivity contribution in [2.24, 2.45) is 0 Å². The summed E-state index contributed by atoms with van der Waals surface area (Å²) in [5, 5.41) is 2.83. The zero-order valence-electron chi connectivity index (χ0n) is 13.6. The molecule has 0 aliphatic heterocycles. The topological polar surface area (TPSA) is 52.7 Å². The summed E-state index contributed by atoms with van der Waals surface area (Å²) in [5.41, 5.74) is 2.25. The normalized spacial score (nSPS) is 10.0. The maximum Gasteiger partial charge on any atom is 0.253 e. The van der Waals surface area contributed by atoms with E-state index in [0.29, 0.717) is 11.3 Å². The number of rotatable bonds is 5. The summed E-state index contributed by atoms with van der Waals surface area (Å²) in [5.74, 6) is -0.172. The fraction of sp³-hybridized carbons (Fsp3) is 0.222. The highest BCUT2D eigenvalue weighted by atomic mass is 16.2. The van der Waals surface area contributed by atoms with Gasteiger partial charge in [0.1, 0.15) is 0 Å². The Hall–Kier alpha value is -2.82. The van der Waals surface area contributed by atoms with E-state index in [4.69, 9.17) is 0 Å². The van der Waals surface area contributed by atoms with Gasteiger partial charge in [0.05, 0.1) is 6.54 Å². The van der Waals surface area contributed by atoms with Gasteiger partial charge in [-0.05, 0) is 36.4 Å². The summed E-state index contributed by atoms with van der Waals surface area (Å²) in [4.78, 5) is 27.3. The molecule has 23 heavy (non-hydrogen) atoms. The molecule has 0 aliphatic carbocycles. The van der Waals surface area contributed by atoms with Gasteiger partial charge in [0.15, 0.2) is 0 Å². The van der Waals surface area contributed by atoms with Gasteiger partial charge >= 0.3 is 0 Å². The van der Waals surface area contributed by atoms with Gasteiger partial charge in [-0.15, -0.1) is 0 Å². The predicted octanol–water partition coefficient (Wildman–Crippen LogP) is 2.46. The van der Waals surface area contributed by atoms with E-state index in [1.807, 2.05) is 42.3 Å². The van der Waals surface area contributed by atoms with Crippen LogP contribution in [-0.4, -0.2) is 44.4 Å². The van der Waals surface area contributed by atoms with Crippen LogP contribution in [0.3, 0.4) is 0 Å². The van der Waals surface area contributed by atoms with Crippen molar-refractivity contribution in [3.63, 3.8) is 0 Å². The molecule has 0 spiro atoms. The second-order valence-electron chi connectivity index (χ2n) is 5.52. The summed E-state index contributed by atoms with van der Waals surface area (Å²) in [6.45, 7) is 0.252. The lowest BCUT2D eigenvalue weighted by Gasteiger charge is -2.18. The highest BCUT2D eigenvalue weighted by molar-refractivity contribution is 5.96. The van der Waals surface area contributed by atoms with Gasteiger partial charge in [0.25, 0.3) is 5.91 Å². The molecule has 0 saturated heterocycles. The zero-order chi connectivity index (χ0) is 16.8. The minimum Gasteiger partial charge on any atom is -0.365 e. The molecule has 2 aromatic carbocycles. The molecular weight excluding hydrogens is 290 g/mol. The molecule has 0 unspecified atom stereocenters. The fourth-order valence-electron chi connectivity index (χ4n) is 2.14. The van der Waals surface area contributed by atoms with Gasteiger partial charge in [0.2, 0.25) is 5.91 Å². The van der Waals surface area contributed by atoms with E-state index in [-0.39, 0.29) is 18.4 Å². The van der Waals surface area contributed by atoms with Crippen LogP contribution in [0, 0.1) is 0 Å². The second kappa shape index (κ2) is 7.45. The van der Waals surface area contributed by atoms with Crippen molar-refractivity contribution in [1.29, 1.82) is 0 Å². The number of hydrogen-bond donors (Lipinski definition) is 1. The van der Waals surface area contributed by atoms with E-state index in [2.05, 4.69) is 5.32 Å². The Morgan fingerprint density at radius 3 is 2.09 bits per heavy atom.